The van der Waals surface area contributed by atoms with E-state index in [0.717, 1.165) is 23.2 Å². The molecule has 1 aliphatic heterocycles. The lowest BCUT2D eigenvalue weighted by atomic mass is 10.1. The Hall–Kier alpha value is -1.13. The first-order valence-corrected chi connectivity index (χ1v) is 6.63. The molecule has 4 heteroatoms. The van der Waals surface area contributed by atoms with Crippen molar-refractivity contribution in [1.29, 1.82) is 0 Å². The van der Waals surface area contributed by atoms with Crippen molar-refractivity contribution in [3.8, 4) is 5.69 Å². The second kappa shape index (κ2) is 4.63. The van der Waals surface area contributed by atoms with Gasteiger partial charge in [0.05, 0.1) is 12.0 Å². The van der Waals surface area contributed by atoms with Crippen LogP contribution in [-0.4, -0.2) is 22.6 Å². The number of benzene rings is 1. The summed E-state index contributed by atoms with van der Waals surface area (Å²) in [6.45, 7) is 2.15. The molecule has 1 aromatic carbocycles. The van der Waals surface area contributed by atoms with Crippen molar-refractivity contribution in [3.05, 3.63) is 47.0 Å². The molecule has 0 saturated carbocycles. The van der Waals surface area contributed by atoms with E-state index in [0.29, 0.717) is 5.92 Å². The lowest BCUT2D eigenvalue weighted by Gasteiger charge is -2.13. The lowest BCUT2D eigenvalue weighted by molar-refractivity contribution is 0.713. The molecule has 0 spiro atoms. The highest BCUT2D eigenvalue weighted by atomic mass is 79.9. The van der Waals surface area contributed by atoms with Crippen LogP contribution in [0.2, 0.25) is 0 Å². The van der Waals surface area contributed by atoms with Gasteiger partial charge in [0.15, 0.2) is 0 Å². The average molecular weight is 292 g/mol. The van der Waals surface area contributed by atoms with E-state index in [1.165, 1.54) is 12.1 Å². The normalized spacial score (nSPS) is 19.7. The van der Waals surface area contributed by atoms with Gasteiger partial charge < -0.3 is 9.88 Å². The molecule has 1 saturated heterocycles. The van der Waals surface area contributed by atoms with Crippen molar-refractivity contribution < 1.29 is 0 Å². The molecule has 1 N–H and O–H groups in total. The molecule has 3 nitrogen and oxygen atoms in total. The van der Waals surface area contributed by atoms with Crippen LogP contribution in [-0.2, 0) is 0 Å². The molecule has 0 bridgehead atoms. The van der Waals surface area contributed by atoms with Gasteiger partial charge in [0.25, 0.3) is 0 Å². The zero-order chi connectivity index (χ0) is 11.7. The molecule has 1 fully saturated rings. The minimum absolute atomic E-state index is 0.574. The third kappa shape index (κ3) is 2.03. The lowest BCUT2D eigenvalue weighted by Crippen LogP contribution is -2.10. The SMILES string of the molecule is Brc1ccccc1-n1cncc1C1CCNC1. The molecule has 0 aliphatic carbocycles. The number of imidazole rings is 1. The van der Waals surface area contributed by atoms with E-state index in [9.17, 15) is 0 Å². The van der Waals surface area contributed by atoms with E-state index in [1.54, 1.807) is 0 Å². The van der Waals surface area contributed by atoms with E-state index >= 15 is 0 Å². The summed E-state index contributed by atoms with van der Waals surface area (Å²) in [5, 5.41) is 3.40. The number of rotatable bonds is 2. The summed E-state index contributed by atoms with van der Waals surface area (Å²) in [4.78, 5) is 4.30. The number of nitrogens with one attached hydrogen (secondary N) is 1. The fourth-order valence-electron chi connectivity index (χ4n) is 2.36. The maximum Gasteiger partial charge on any atom is 0.0994 e. The van der Waals surface area contributed by atoms with Crippen LogP contribution in [0.5, 0.6) is 0 Å². The number of aromatic nitrogens is 2. The zero-order valence-corrected chi connectivity index (χ0v) is 11.0. The van der Waals surface area contributed by atoms with E-state index in [2.05, 4.69) is 49.0 Å². The highest BCUT2D eigenvalue weighted by Gasteiger charge is 2.21. The van der Waals surface area contributed by atoms with Gasteiger partial charge in [0.2, 0.25) is 0 Å². The Morgan fingerprint density at radius 3 is 3.00 bits per heavy atom. The summed E-state index contributed by atoms with van der Waals surface area (Å²) in [7, 11) is 0. The number of para-hydroxylation sites is 1. The maximum absolute atomic E-state index is 4.30. The predicted octanol–water partition coefficient (Wildman–Crippen LogP) is 2.71. The largest absolute Gasteiger partial charge is 0.316 e. The predicted molar refractivity (Wildman–Crippen MR) is 71.5 cm³/mol. The van der Waals surface area contributed by atoms with Crippen LogP contribution in [0.25, 0.3) is 5.69 Å². The fraction of sp³-hybridized carbons (Fsp3) is 0.308. The first-order valence-electron chi connectivity index (χ1n) is 5.84. The second-order valence-corrected chi connectivity index (χ2v) is 5.18. The Labute approximate surface area is 109 Å². The molecule has 2 aromatic rings. The van der Waals surface area contributed by atoms with Crippen molar-refractivity contribution in [1.82, 2.24) is 14.9 Å². The van der Waals surface area contributed by atoms with Crippen LogP contribution in [0.3, 0.4) is 0 Å². The molecule has 3 rings (SSSR count). The monoisotopic (exact) mass is 291 g/mol. The van der Waals surface area contributed by atoms with Crippen LogP contribution in [0.4, 0.5) is 0 Å². The van der Waals surface area contributed by atoms with Crippen LogP contribution in [0.15, 0.2) is 41.3 Å². The molecule has 2 heterocycles. The Morgan fingerprint density at radius 2 is 2.24 bits per heavy atom. The summed E-state index contributed by atoms with van der Waals surface area (Å²) in [5.74, 6) is 0.574. The molecular formula is C13H14BrN3. The first kappa shape index (κ1) is 11.0. The van der Waals surface area contributed by atoms with Gasteiger partial charge in [-0.25, -0.2) is 4.98 Å². The molecule has 0 amide bonds. The third-order valence-electron chi connectivity index (χ3n) is 3.26. The van der Waals surface area contributed by atoms with Gasteiger partial charge in [-0.2, -0.15) is 0 Å². The highest BCUT2D eigenvalue weighted by molar-refractivity contribution is 9.10. The van der Waals surface area contributed by atoms with Gasteiger partial charge in [0.1, 0.15) is 0 Å². The Kier molecular flexibility index (Phi) is 2.99. The van der Waals surface area contributed by atoms with Crippen molar-refractivity contribution in [2.24, 2.45) is 0 Å². The summed E-state index contributed by atoms with van der Waals surface area (Å²) < 4.78 is 3.28. The second-order valence-electron chi connectivity index (χ2n) is 4.33. The maximum atomic E-state index is 4.30. The Bertz CT molecular complexity index is 515. The van der Waals surface area contributed by atoms with Crippen molar-refractivity contribution in [3.63, 3.8) is 0 Å². The number of hydrogen-bond donors (Lipinski definition) is 1. The number of halogens is 1. The number of hydrogen-bond acceptors (Lipinski definition) is 2. The summed E-state index contributed by atoms with van der Waals surface area (Å²) in [6.07, 6.45) is 5.07. The van der Waals surface area contributed by atoms with Crippen LogP contribution >= 0.6 is 15.9 Å². The average Bonchev–Trinajstić information content (AvgIpc) is 3.00. The molecule has 1 unspecified atom stereocenters. The van der Waals surface area contributed by atoms with Gasteiger partial charge in [-0.15, -0.1) is 0 Å². The van der Waals surface area contributed by atoms with E-state index in [1.807, 2.05) is 18.6 Å². The van der Waals surface area contributed by atoms with E-state index in [-0.39, 0.29) is 0 Å². The minimum atomic E-state index is 0.574. The quantitative estimate of drug-likeness (QED) is 0.922. The summed E-state index contributed by atoms with van der Waals surface area (Å²) >= 11 is 3.60. The van der Waals surface area contributed by atoms with E-state index in [4.69, 9.17) is 0 Å². The van der Waals surface area contributed by atoms with Crippen molar-refractivity contribution in [2.45, 2.75) is 12.3 Å². The molecule has 1 atom stereocenters. The minimum Gasteiger partial charge on any atom is -0.316 e. The molecular weight excluding hydrogens is 278 g/mol. The first-order chi connectivity index (χ1) is 8.36. The van der Waals surface area contributed by atoms with Gasteiger partial charge in [-0.3, -0.25) is 0 Å². The van der Waals surface area contributed by atoms with Gasteiger partial charge in [-0.1, -0.05) is 12.1 Å². The summed E-state index contributed by atoms with van der Waals surface area (Å²) in [5.41, 5.74) is 2.45. The van der Waals surface area contributed by atoms with Gasteiger partial charge in [0, 0.05) is 28.8 Å². The van der Waals surface area contributed by atoms with Gasteiger partial charge >= 0.3 is 0 Å². The Morgan fingerprint density at radius 1 is 1.35 bits per heavy atom. The van der Waals surface area contributed by atoms with Crippen molar-refractivity contribution >= 4 is 15.9 Å². The topological polar surface area (TPSA) is 29.9 Å². The Balaban J connectivity index is 2.04. The molecule has 1 aliphatic rings. The zero-order valence-electron chi connectivity index (χ0n) is 9.44. The van der Waals surface area contributed by atoms with E-state index < -0.39 is 0 Å². The molecule has 1 aromatic heterocycles. The van der Waals surface area contributed by atoms with Crippen LogP contribution in [0, 0.1) is 0 Å². The standard InChI is InChI=1S/C13H14BrN3/c14-11-3-1-2-4-12(11)17-9-16-8-13(17)10-5-6-15-7-10/h1-4,8-10,15H,5-7H2. The van der Waals surface area contributed by atoms with Crippen molar-refractivity contribution in [2.75, 3.05) is 13.1 Å². The molecule has 88 valence electrons. The fourth-order valence-corrected chi connectivity index (χ4v) is 2.84. The summed E-state index contributed by atoms with van der Waals surface area (Å²) in [6, 6.07) is 8.25. The smallest absolute Gasteiger partial charge is 0.0994 e. The number of nitrogens with zero attached hydrogens (tertiary/aromatic N) is 2. The molecule has 17 heavy (non-hydrogen) atoms. The van der Waals surface area contributed by atoms with Gasteiger partial charge in [-0.05, 0) is 41.0 Å². The molecule has 0 radical (unpaired) electrons. The highest BCUT2D eigenvalue weighted by Crippen LogP contribution is 2.27. The van der Waals surface area contributed by atoms with Crippen LogP contribution < -0.4 is 5.32 Å². The van der Waals surface area contributed by atoms with Crippen LogP contribution in [0.1, 0.15) is 18.0 Å². The third-order valence-corrected chi connectivity index (χ3v) is 3.93.